The number of hydrogen-bond donors (Lipinski definition) is 2. The molecule has 53 heavy (non-hydrogen) atoms. The SMILES string of the molecule is COc1cccc(C(=O)N[C@@H]2[C@@H]3O[Si](C(C)C)(C(C)C)O[Si](C(C)C)(C(C)C)OC[C@H]3O[C@H]2n2cnc3c(NCc4cccc(C)c4C)ncnc32)c1. The summed E-state index contributed by atoms with van der Waals surface area (Å²) in [7, 11) is -4.31. The molecule has 4 atom stereocenters. The quantitative estimate of drug-likeness (QED) is 0.147. The summed E-state index contributed by atoms with van der Waals surface area (Å²) in [5.41, 5.74) is 5.82. The molecule has 12 nitrogen and oxygen atoms in total. The summed E-state index contributed by atoms with van der Waals surface area (Å²) in [6, 6.07) is 12.7. The second kappa shape index (κ2) is 15.6. The molecule has 0 saturated carbocycles. The van der Waals surface area contributed by atoms with Crippen LogP contribution < -0.4 is 15.4 Å². The van der Waals surface area contributed by atoms with Crippen LogP contribution in [0.25, 0.3) is 11.2 Å². The number of rotatable bonds is 11. The Labute approximate surface area is 315 Å². The van der Waals surface area contributed by atoms with Gasteiger partial charge in [0.2, 0.25) is 0 Å². The monoisotopic (exact) mass is 760 g/mol. The summed E-state index contributed by atoms with van der Waals surface area (Å²) in [5.74, 6) is 0.922. The lowest BCUT2D eigenvalue weighted by Crippen LogP contribution is -2.66. The van der Waals surface area contributed by atoms with E-state index in [4.69, 9.17) is 32.4 Å². The number of methoxy groups -OCH3 is 1. The molecule has 286 valence electrons. The van der Waals surface area contributed by atoms with E-state index in [1.54, 1.807) is 31.6 Å². The Morgan fingerprint density at radius 2 is 1.64 bits per heavy atom. The van der Waals surface area contributed by atoms with E-state index in [2.05, 4.69) is 103 Å². The van der Waals surface area contributed by atoms with Crippen LogP contribution in [0.4, 0.5) is 5.82 Å². The van der Waals surface area contributed by atoms with E-state index in [1.807, 2.05) is 10.6 Å². The van der Waals surface area contributed by atoms with Crippen LogP contribution in [0.2, 0.25) is 22.2 Å². The normalized spacial score (nSPS) is 22.6. The maximum Gasteiger partial charge on any atom is 0.335 e. The van der Waals surface area contributed by atoms with Gasteiger partial charge < -0.3 is 33.1 Å². The number of hydrogen-bond acceptors (Lipinski definition) is 10. The van der Waals surface area contributed by atoms with E-state index < -0.39 is 41.6 Å². The van der Waals surface area contributed by atoms with Gasteiger partial charge in [-0.2, -0.15) is 0 Å². The minimum atomic E-state index is -3.06. The molecule has 6 rings (SSSR count). The standard InChI is InChI=1S/C39H56N6O6Si2/c1-23(2)52(24(3)4)48-20-32-35(50-53(51-52,25(5)6)26(7)8)33(44-38(46)29-15-13-17-31(18-29)47-11)39(49-32)45-22-43-34-36(41-21-42-37(34)45)40-19-30-16-12-14-27(9)28(30)10/h12-18,21-26,32-33,35,39H,19-20H2,1-11H3,(H,44,46)(H,40,41,42)/t32-,33-,35-,39-/m1/s1. The number of nitrogens with one attached hydrogen (secondary N) is 2. The van der Waals surface area contributed by atoms with Crippen LogP contribution in [-0.4, -0.2) is 74.5 Å². The molecule has 14 heteroatoms. The van der Waals surface area contributed by atoms with Crippen LogP contribution in [0.5, 0.6) is 5.75 Å². The number of carbonyl (C=O) groups is 1. The molecule has 2 aromatic heterocycles. The first-order chi connectivity index (χ1) is 25.2. The van der Waals surface area contributed by atoms with E-state index in [9.17, 15) is 4.79 Å². The van der Waals surface area contributed by atoms with E-state index in [-0.39, 0.29) is 34.7 Å². The zero-order valence-corrected chi connectivity index (χ0v) is 35.0. The molecule has 0 bridgehead atoms. The number of amides is 1. The fourth-order valence-electron chi connectivity index (χ4n) is 7.90. The van der Waals surface area contributed by atoms with Crippen molar-refractivity contribution in [1.29, 1.82) is 0 Å². The molecule has 0 radical (unpaired) electrons. The molecule has 4 aromatic rings. The molecule has 0 unspecified atom stereocenters. The third-order valence-corrected chi connectivity index (χ3v) is 21.3. The predicted molar refractivity (Wildman–Crippen MR) is 211 cm³/mol. The number of anilines is 1. The first-order valence-corrected chi connectivity index (χ1v) is 22.7. The Balaban J connectivity index is 1.43. The summed E-state index contributed by atoms with van der Waals surface area (Å²) < 4.78 is 36.3. The highest BCUT2D eigenvalue weighted by atomic mass is 28.5. The molecular formula is C39H56N6O6Si2. The second-order valence-corrected chi connectivity index (χ2v) is 24.5. The topological polar surface area (TPSA) is 131 Å². The van der Waals surface area contributed by atoms with Crippen molar-refractivity contribution >= 4 is 40.0 Å². The maximum absolute atomic E-state index is 14.1. The van der Waals surface area contributed by atoms with Gasteiger partial charge in [0.1, 0.15) is 30.3 Å². The Morgan fingerprint density at radius 3 is 2.32 bits per heavy atom. The lowest BCUT2D eigenvalue weighted by atomic mass is 10.0. The van der Waals surface area contributed by atoms with Crippen LogP contribution in [-0.2, 0) is 24.2 Å². The van der Waals surface area contributed by atoms with Crippen molar-refractivity contribution in [3.05, 3.63) is 77.4 Å². The van der Waals surface area contributed by atoms with E-state index in [0.29, 0.717) is 34.8 Å². The number of carbonyl (C=O) groups excluding carboxylic acids is 1. The highest BCUT2D eigenvalue weighted by Crippen LogP contribution is 2.48. The minimum Gasteiger partial charge on any atom is -0.497 e. The van der Waals surface area contributed by atoms with Gasteiger partial charge in [0, 0.05) is 12.1 Å². The average Bonchev–Trinajstić information content (AvgIpc) is 3.69. The molecule has 1 amide bonds. The van der Waals surface area contributed by atoms with Crippen molar-refractivity contribution in [2.45, 2.75) is 122 Å². The summed E-state index contributed by atoms with van der Waals surface area (Å²) in [5, 5.41) is 6.81. The van der Waals surface area contributed by atoms with Gasteiger partial charge in [-0.25, -0.2) is 15.0 Å². The smallest absolute Gasteiger partial charge is 0.335 e. The third-order valence-electron chi connectivity index (χ3n) is 11.1. The van der Waals surface area contributed by atoms with Crippen molar-refractivity contribution in [2.24, 2.45) is 0 Å². The van der Waals surface area contributed by atoms with Gasteiger partial charge in [0.05, 0.1) is 20.0 Å². The second-order valence-electron chi connectivity index (χ2n) is 15.6. The van der Waals surface area contributed by atoms with Crippen LogP contribution >= 0.6 is 0 Å². The van der Waals surface area contributed by atoms with Gasteiger partial charge >= 0.3 is 17.1 Å². The number of nitrogens with zero attached hydrogens (tertiary/aromatic N) is 4. The van der Waals surface area contributed by atoms with Gasteiger partial charge in [-0.05, 0) is 70.9 Å². The Kier molecular flexibility index (Phi) is 11.5. The van der Waals surface area contributed by atoms with E-state index in [0.717, 1.165) is 0 Å². The molecule has 2 saturated heterocycles. The van der Waals surface area contributed by atoms with Crippen molar-refractivity contribution in [3.8, 4) is 5.75 Å². The van der Waals surface area contributed by atoms with Crippen LogP contribution in [0.3, 0.4) is 0 Å². The fraction of sp³-hybridized carbons (Fsp3) is 0.538. The predicted octanol–water partition coefficient (Wildman–Crippen LogP) is 7.72. The Bertz CT molecular complexity index is 1900. The first-order valence-electron chi connectivity index (χ1n) is 18.8. The molecule has 2 fully saturated rings. The molecule has 2 aliphatic heterocycles. The lowest BCUT2D eigenvalue weighted by Gasteiger charge is -2.51. The summed E-state index contributed by atoms with van der Waals surface area (Å²) >= 11 is 0. The molecule has 4 heterocycles. The van der Waals surface area contributed by atoms with Crippen LogP contribution in [0.1, 0.15) is 88.7 Å². The fourth-order valence-corrected chi connectivity index (χ4v) is 19.1. The number of aromatic nitrogens is 4. The Hall–Kier alpha value is -3.67. The third kappa shape index (κ3) is 7.29. The summed E-state index contributed by atoms with van der Waals surface area (Å²) in [4.78, 5) is 28.2. The van der Waals surface area contributed by atoms with Crippen molar-refractivity contribution in [1.82, 2.24) is 24.8 Å². The molecular weight excluding hydrogens is 705 g/mol. The van der Waals surface area contributed by atoms with Gasteiger partial charge in [0.15, 0.2) is 23.2 Å². The zero-order valence-electron chi connectivity index (χ0n) is 33.0. The largest absolute Gasteiger partial charge is 0.497 e. The maximum atomic E-state index is 14.1. The molecule has 2 N–H and O–H groups in total. The first kappa shape index (κ1) is 39.0. The van der Waals surface area contributed by atoms with E-state index in [1.165, 1.54) is 23.0 Å². The van der Waals surface area contributed by atoms with Gasteiger partial charge in [-0.1, -0.05) is 79.7 Å². The van der Waals surface area contributed by atoms with Gasteiger partial charge in [-0.3, -0.25) is 9.36 Å². The van der Waals surface area contributed by atoms with Crippen molar-refractivity contribution in [2.75, 3.05) is 19.0 Å². The van der Waals surface area contributed by atoms with Crippen LogP contribution in [0, 0.1) is 13.8 Å². The highest BCUT2D eigenvalue weighted by molar-refractivity contribution is 6.84. The molecule has 0 aliphatic carbocycles. The highest BCUT2D eigenvalue weighted by Gasteiger charge is 2.62. The number of imidazole rings is 1. The van der Waals surface area contributed by atoms with Crippen molar-refractivity contribution < 1.29 is 27.2 Å². The number of aryl methyl sites for hydroxylation is 1. The van der Waals surface area contributed by atoms with Crippen LogP contribution in [0.15, 0.2) is 55.1 Å². The van der Waals surface area contributed by atoms with Gasteiger partial charge in [0.25, 0.3) is 5.91 Å². The molecule has 0 spiro atoms. The minimum absolute atomic E-state index is 0.0931. The summed E-state index contributed by atoms with van der Waals surface area (Å²) in [6.07, 6.45) is 1.42. The summed E-state index contributed by atoms with van der Waals surface area (Å²) in [6.45, 7) is 22.6. The number of fused-ring (bicyclic) bond motifs is 2. The average molecular weight is 761 g/mol. The lowest BCUT2D eigenvalue weighted by molar-refractivity contribution is -0.0547. The van der Waals surface area contributed by atoms with Gasteiger partial charge in [-0.15, -0.1) is 0 Å². The van der Waals surface area contributed by atoms with E-state index >= 15 is 0 Å². The number of benzene rings is 2. The van der Waals surface area contributed by atoms with Crippen molar-refractivity contribution in [3.63, 3.8) is 0 Å². The zero-order chi connectivity index (χ0) is 38.2. The number of ether oxygens (including phenoxy) is 2. The molecule has 2 aliphatic rings. The molecule has 2 aromatic carbocycles. The Morgan fingerprint density at radius 1 is 0.943 bits per heavy atom.